The SMILES string of the molecule is CCC(CCC(=O)c1ccc(Cl)cc1F)CN=Cc1c(N)ccc(C(=O)NCCOC)c1C. The molecule has 1 atom stereocenters. The summed E-state index contributed by atoms with van der Waals surface area (Å²) >= 11 is 5.75. The Labute approximate surface area is 199 Å². The molecule has 0 fully saturated rings. The lowest BCUT2D eigenvalue weighted by Gasteiger charge is -2.13. The Bertz CT molecular complexity index is 1010. The molecular formula is C25H31ClFN3O3. The number of ketones is 1. The van der Waals surface area contributed by atoms with E-state index in [-0.39, 0.29) is 34.6 Å². The minimum atomic E-state index is -0.601. The van der Waals surface area contributed by atoms with E-state index in [1.54, 1.807) is 25.5 Å². The van der Waals surface area contributed by atoms with Gasteiger partial charge in [0.2, 0.25) is 0 Å². The maximum atomic E-state index is 14.0. The number of hydrogen-bond donors (Lipinski definition) is 2. The van der Waals surface area contributed by atoms with Crippen LogP contribution in [0.15, 0.2) is 35.3 Å². The summed E-state index contributed by atoms with van der Waals surface area (Å²) in [6, 6.07) is 7.47. The second-order valence-electron chi connectivity index (χ2n) is 7.84. The van der Waals surface area contributed by atoms with Crippen LogP contribution in [-0.2, 0) is 4.74 Å². The van der Waals surface area contributed by atoms with E-state index >= 15 is 0 Å². The molecule has 0 aromatic heterocycles. The first-order chi connectivity index (χ1) is 15.8. The largest absolute Gasteiger partial charge is 0.398 e. The van der Waals surface area contributed by atoms with Crippen molar-refractivity contribution in [1.29, 1.82) is 0 Å². The topological polar surface area (TPSA) is 93.8 Å². The van der Waals surface area contributed by atoms with Gasteiger partial charge >= 0.3 is 0 Å². The van der Waals surface area contributed by atoms with Gasteiger partial charge in [0.25, 0.3) is 5.91 Å². The van der Waals surface area contributed by atoms with Crippen LogP contribution in [-0.4, -0.2) is 44.7 Å². The fourth-order valence-electron chi connectivity index (χ4n) is 3.43. The van der Waals surface area contributed by atoms with Crippen LogP contribution in [0, 0.1) is 18.7 Å². The number of hydrogen-bond acceptors (Lipinski definition) is 5. The summed E-state index contributed by atoms with van der Waals surface area (Å²) in [7, 11) is 1.57. The maximum Gasteiger partial charge on any atom is 0.251 e. The molecule has 0 aliphatic carbocycles. The van der Waals surface area contributed by atoms with Gasteiger partial charge in [-0.2, -0.15) is 0 Å². The number of halogens is 2. The number of methoxy groups -OCH3 is 1. The molecule has 0 bridgehead atoms. The Balaban J connectivity index is 2.01. The van der Waals surface area contributed by atoms with Gasteiger partial charge in [-0.3, -0.25) is 14.6 Å². The third-order valence-electron chi connectivity index (χ3n) is 5.56. The van der Waals surface area contributed by atoms with Crippen LogP contribution in [0.3, 0.4) is 0 Å². The highest BCUT2D eigenvalue weighted by molar-refractivity contribution is 6.30. The molecule has 1 amide bonds. The zero-order valence-corrected chi connectivity index (χ0v) is 20.0. The third kappa shape index (κ3) is 7.65. The highest BCUT2D eigenvalue weighted by atomic mass is 35.5. The molecule has 2 aromatic rings. The van der Waals surface area contributed by atoms with Crippen molar-refractivity contribution >= 4 is 35.2 Å². The van der Waals surface area contributed by atoms with E-state index in [4.69, 9.17) is 22.1 Å². The van der Waals surface area contributed by atoms with E-state index in [1.807, 2.05) is 13.8 Å². The molecule has 0 heterocycles. The van der Waals surface area contributed by atoms with Gasteiger partial charge in [0.15, 0.2) is 5.78 Å². The van der Waals surface area contributed by atoms with Gasteiger partial charge in [0.1, 0.15) is 5.82 Å². The summed E-state index contributed by atoms with van der Waals surface area (Å²) in [4.78, 5) is 29.3. The van der Waals surface area contributed by atoms with E-state index in [2.05, 4.69) is 10.3 Å². The zero-order valence-electron chi connectivity index (χ0n) is 19.3. The fourth-order valence-corrected chi connectivity index (χ4v) is 3.59. The summed E-state index contributed by atoms with van der Waals surface area (Å²) < 4.78 is 18.9. The molecule has 178 valence electrons. The molecule has 3 N–H and O–H groups in total. The van der Waals surface area contributed by atoms with E-state index in [0.29, 0.717) is 42.9 Å². The molecule has 8 heteroatoms. The lowest BCUT2D eigenvalue weighted by atomic mass is 9.96. The molecule has 0 spiro atoms. The van der Waals surface area contributed by atoms with Gasteiger partial charge < -0.3 is 15.8 Å². The molecule has 33 heavy (non-hydrogen) atoms. The number of nitrogens with two attached hydrogens (primary N) is 1. The number of nitrogen functional groups attached to an aromatic ring is 1. The summed E-state index contributed by atoms with van der Waals surface area (Å²) in [6.07, 6.45) is 3.32. The smallest absolute Gasteiger partial charge is 0.251 e. The number of carbonyl (C=O) groups excluding carboxylic acids is 2. The lowest BCUT2D eigenvalue weighted by Crippen LogP contribution is -2.27. The average Bonchev–Trinajstić information content (AvgIpc) is 2.78. The molecule has 6 nitrogen and oxygen atoms in total. The molecule has 0 radical (unpaired) electrons. The Kier molecular flexibility index (Phi) is 10.5. The van der Waals surface area contributed by atoms with Gasteiger partial charge in [0, 0.05) is 54.7 Å². The Morgan fingerprint density at radius 1 is 1.27 bits per heavy atom. The predicted octanol–water partition coefficient (Wildman–Crippen LogP) is 4.85. The molecule has 2 aromatic carbocycles. The number of benzene rings is 2. The maximum absolute atomic E-state index is 14.0. The van der Waals surface area contributed by atoms with Gasteiger partial charge in [-0.1, -0.05) is 24.9 Å². The standard InChI is InChI=1S/C25H31ClFN3O3/c1-4-17(5-10-24(31)20-7-6-18(26)13-22(20)27)14-29-15-21-16(2)19(8-9-23(21)28)25(32)30-11-12-33-3/h6-9,13,15,17H,4-5,10-12,14,28H2,1-3H3,(H,30,32). The van der Waals surface area contributed by atoms with Gasteiger partial charge in [-0.15, -0.1) is 0 Å². The number of anilines is 1. The summed E-state index contributed by atoms with van der Waals surface area (Å²) in [5.74, 6) is -0.893. The first kappa shape index (κ1) is 26.5. The Morgan fingerprint density at radius 2 is 2.00 bits per heavy atom. The first-order valence-corrected chi connectivity index (χ1v) is 11.3. The van der Waals surface area contributed by atoms with Crippen LogP contribution < -0.4 is 11.1 Å². The van der Waals surface area contributed by atoms with Crippen molar-refractivity contribution in [3.05, 3.63) is 63.4 Å². The van der Waals surface area contributed by atoms with Gasteiger partial charge in [-0.25, -0.2) is 4.39 Å². The number of aliphatic imine (C=N–C) groups is 1. The first-order valence-electron chi connectivity index (χ1n) is 10.9. The number of Topliss-reactive ketones (excluding diaryl/α,β-unsaturated/α-hetero) is 1. The van der Waals surface area contributed by atoms with Crippen molar-refractivity contribution in [2.24, 2.45) is 10.9 Å². The normalized spacial score (nSPS) is 12.2. The molecule has 1 unspecified atom stereocenters. The van der Waals surface area contributed by atoms with Crippen molar-refractivity contribution in [2.45, 2.75) is 33.1 Å². The van der Waals surface area contributed by atoms with E-state index in [1.165, 1.54) is 12.1 Å². The van der Waals surface area contributed by atoms with Gasteiger partial charge in [-0.05, 0) is 55.2 Å². The fraction of sp³-hybridized carbons (Fsp3) is 0.400. The third-order valence-corrected chi connectivity index (χ3v) is 5.79. The number of nitrogens with one attached hydrogen (secondary N) is 1. The highest BCUT2D eigenvalue weighted by Gasteiger charge is 2.16. The molecule has 0 aliphatic heterocycles. The lowest BCUT2D eigenvalue weighted by molar-refractivity contribution is 0.0934. The minimum Gasteiger partial charge on any atom is -0.398 e. The second-order valence-corrected chi connectivity index (χ2v) is 8.28. The average molecular weight is 476 g/mol. The Morgan fingerprint density at radius 3 is 2.67 bits per heavy atom. The number of ether oxygens (including phenoxy) is 1. The monoisotopic (exact) mass is 475 g/mol. The minimum absolute atomic E-state index is 0.0572. The molecule has 0 saturated carbocycles. The molecular weight excluding hydrogens is 445 g/mol. The van der Waals surface area contributed by atoms with Crippen LogP contribution in [0.25, 0.3) is 0 Å². The van der Waals surface area contributed by atoms with Crippen molar-refractivity contribution < 1.29 is 18.7 Å². The highest BCUT2D eigenvalue weighted by Crippen LogP contribution is 2.21. The second kappa shape index (κ2) is 13.1. The van der Waals surface area contributed by atoms with E-state index in [9.17, 15) is 14.0 Å². The summed E-state index contributed by atoms with van der Waals surface area (Å²) in [5.41, 5.74) is 8.68. The molecule has 0 aliphatic rings. The van der Waals surface area contributed by atoms with Crippen molar-refractivity contribution in [1.82, 2.24) is 5.32 Å². The number of rotatable bonds is 12. The van der Waals surface area contributed by atoms with Gasteiger partial charge in [0.05, 0.1) is 12.2 Å². The number of amides is 1. The summed E-state index contributed by atoms with van der Waals surface area (Å²) in [6.45, 7) is 5.20. The quantitative estimate of drug-likeness (QED) is 0.198. The number of carbonyl (C=O) groups is 2. The van der Waals surface area contributed by atoms with E-state index < -0.39 is 5.82 Å². The number of nitrogens with zero attached hydrogens (tertiary/aromatic N) is 1. The van der Waals surface area contributed by atoms with Crippen molar-refractivity contribution in [3.8, 4) is 0 Å². The van der Waals surface area contributed by atoms with Crippen LogP contribution in [0.4, 0.5) is 10.1 Å². The Hall–Kier alpha value is -2.77. The predicted molar refractivity (Wildman–Crippen MR) is 131 cm³/mol. The molecule has 0 saturated heterocycles. The van der Waals surface area contributed by atoms with Crippen molar-refractivity contribution in [3.63, 3.8) is 0 Å². The zero-order chi connectivity index (χ0) is 24.4. The van der Waals surface area contributed by atoms with Crippen LogP contribution in [0.1, 0.15) is 58.0 Å². The van der Waals surface area contributed by atoms with Crippen molar-refractivity contribution in [2.75, 3.05) is 32.5 Å². The van der Waals surface area contributed by atoms with Crippen LogP contribution >= 0.6 is 11.6 Å². The molecule has 2 rings (SSSR count). The van der Waals surface area contributed by atoms with E-state index in [0.717, 1.165) is 18.1 Å². The summed E-state index contributed by atoms with van der Waals surface area (Å²) in [5, 5.41) is 3.06. The van der Waals surface area contributed by atoms with Crippen LogP contribution in [0.5, 0.6) is 0 Å². The van der Waals surface area contributed by atoms with Crippen LogP contribution in [0.2, 0.25) is 5.02 Å².